The molecule has 1 fully saturated rings. The number of benzene rings is 1. The lowest BCUT2D eigenvalue weighted by Crippen LogP contribution is -2.28. The summed E-state index contributed by atoms with van der Waals surface area (Å²) in [6.07, 6.45) is 1.88. The predicted molar refractivity (Wildman–Crippen MR) is 89.2 cm³/mol. The Hall–Kier alpha value is -2.69. The van der Waals surface area contributed by atoms with Crippen LogP contribution in [0.5, 0.6) is 0 Å². The maximum atomic E-state index is 12.4. The quantitative estimate of drug-likeness (QED) is 0.948. The summed E-state index contributed by atoms with van der Waals surface area (Å²) in [7, 11) is 0. The molecule has 0 saturated carbocycles. The van der Waals surface area contributed by atoms with Crippen molar-refractivity contribution >= 4 is 23.3 Å². The highest BCUT2D eigenvalue weighted by atomic mass is 16.2. The van der Waals surface area contributed by atoms with Gasteiger partial charge >= 0.3 is 0 Å². The van der Waals surface area contributed by atoms with E-state index in [1.165, 1.54) is 0 Å². The molecule has 118 valence electrons. The second kappa shape index (κ2) is 6.20. The van der Waals surface area contributed by atoms with Crippen LogP contribution in [-0.2, 0) is 9.59 Å². The molecule has 3 rings (SSSR count). The summed E-state index contributed by atoms with van der Waals surface area (Å²) in [6, 6.07) is 11.4. The molecule has 1 aliphatic heterocycles. The molecule has 1 saturated heterocycles. The van der Waals surface area contributed by atoms with Crippen LogP contribution >= 0.6 is 0 Å². The molecule has 1 aromatic carbocycles. The van der Waals surface area contributed by atoms with Gasteiger partial charge < -0.3 is 10.2 Å². The first kappa shape index (κ1) is 15.2. The van der Waals surface area contributed by atoms with Gasteiger partial charge in [0.2, 0.25) is 11.8 Å². The number of pyridine rings is 1. The zero-order valence-corrected chi connectivity index (χ0v) is 13.2. The van der Waals surface area contributed by atoms with Gasteiger partial charge in [-0.05, 0) is 49.2 Å². The first-order valence-electron chi connectivity index (χ1n) is 7.63. The third-order valence-corrected chi connectivity index (χ3v) is 3.98. The maximum Gasteiger partial charge on any atom is 0.230 e. The van der Waals surface area contributed by atoms with E-state index in [0.29, 0.717) is 12.4 Å². The lowest BCUT2D eigenvalue weighted by molar-refractivity contribution is -0.122. The summed E-state index contributed by atoms with van der Waals surface area (Å²) in [4.78, 5) is 30.4. The van der Waals surface area contributed by atoms with Crippen LogP contribution in [0.4, 0.5) is 11.5 Å². The Morgan fingerprint density at radius 2 is 2.00 bits per heavy atom. The lowest BCUT2D eigenvalue weighted by atomic mass is 10.1. The Labute approximate surface area is 135 Å². The van der Waals surface area contributed by atoms with E-state index in [9.17, 15) is 9.59 Å². The average Bonchev–Trinajstić information content (AvgIpc) is 2.89. The highest BCUT2D eigenvalue weighted by Gasteiger charge is 2.35. The fraction of sp³-hybridized carbons (Fsp3) is 0.278. The zero-order valence-electron chi connectivity index (χ0n) is 13.2. The molecule has 0 aliphatic carbocycles. The van der Waals surface area contributed by atoms with E-state index < -0.39 is 0 Å². The minimum Gasteiger partial charge on any atom is -0.312 e. The van der Waals surface area contributed by atoms with E-state index in [2.05, 4.69) is 10.3 Å². The van der Waals surface area contributed by atoms with Gasteiger partial charge in [-0.1, -0.05) is 12.1 Å². The summed E-state index contributed by atoms with van der Waals surface area (Å²) in [5.74, 6) is -0.0127. The largest absolute Gasteiger partial charge is 0.312 e. The van der Waals surface area contributed by atoms with Crippen LogP contribution in [0.15, 0.2) is 42.6 Å². The standard InChI is InChI=1S/C18H19N3O2/c1-12-4-3-5-15(8-12)21-11-14(10-17(21)22)18(23)20-16-9-13(2)6-7-19-16/h3-9,14H,10-11H2,1-2H3,(H,19,20,23)/t14-/m1/s1. The monoisotopic (exact) mass is 309 g/mol. The summed E-state index contributed by atoms with van der Waals surface area (Å²) in [6.45, 7) is 4.33. The van der Waals surface area contributed by atoms with Gasteiger partial charge in [-0.25, -0.2) is 4.98 Å². The number of carbonyl (C=O) groups excluding carboxylic acids is 2. The van der Waals surface area contributed by atoms with E-state index >= 15 is 0 Å². The fourth-order valence-corrected chi connectivity index (χ4v) is 2.76. The molecular formula is C18H19N3O2. The molecule has 23 heavy (non-hydrogen) atoms. The number of hydrogen-bond acceptors (Lipinski definition) is 3. The number of aromatic nitrogens is 1. The number of anilines is 2. The number of nitrogens with zero attached hydrogens (tertiary/aromatic N) is 2. The number of rotatable bonds is 3. The van der Waals surface area contributed by atoms with Crippen molar-refractivity contribution in [3.05, 3.63) is 53.7 Å². The molecule has 0 spiro atoms. The predicted octanol–water partition coefficient (Wildman–Crippen LogP) is 2.69. The van der Waals surface area contributed by atoms with Crippen LogP contribution in [0.2, 0.25) is 0 Å². The van der Waals surface area contributed by atoms with Crippen molar-refractivity contribution in [3.63, 3.8) is 0 Å². The third-order valence-electron chi connectivity index (χ3n) is 3.98. The smallest absolute Gasteiger partial charge is 0.230 e. The molecule has 1 N–H and O–H groups in total. The molecule has 0 unspecified atom stereocenters. The summed E-state index contributed by atoms with van der Waals surface area (Å²) in [5, 5.41) is 2.80. The average molecular weight is 309 g/mol. The highest BCUT2D eigenvalue weighted by molar-refractivity contribution is 6.03. The van der Waals surface area contributed by atoms with Crippen LogP contribution < -0.4 is 10.2 Å². The fourth-order valence-electron chi connectivity index (χ4n) is 2.76. The van der Waals surface area contributed by atoms with Gasteiger partial charge in [-0.15, -0.1) is 0 Å². The minimum absolute atomic E-state index is 0.0204. The molecule has 5 nitrogen and oxygen atoms in total. The van der Waals surface area contributed by atoms with Gasteiger partial charge in [0.05, 0.1) is 5.92 Å². The summed E-state index contributed by atoms with van der Waals surface area (Å²) < 4.78 is 0. The third kappa shape index (κ3) is 3.39. The van der Waals surface area contributed by atoms with E-state index in [1.54, 1.807) is 11.1 Å². The van der Waals surface area contributed by atoms with Crippen molar-refractivity contribution in [2.75, 3.05) is 16.8 Å². The minimum atomic E-state index is -0.356. The van der Waals surface area contributed by atoms with Gasteiger partial charge in [0, 0.05) is 24.8 Å². The summed E-state index contributed by atoms with van der Waals surface area (Å²) >= 11 is 0. The van der Waals surface area contributed by atoms with Crippen molar-refractivity contribution in [1.29, 1.82) is 0 Å². The molecule has 0 bridgehead atoms. The van der Waals surface area contributed by atoms with Gasteiger partial charge in [0.25, 0.3) is 0 Å². The van der Waals surface area contributed by atoms with Crippen molar-refractivity contribution in [1.82, 2.24) is 4.98 Å². The van der Waals surface area contributed by atoms with Gasteiger partial charge in [0.15, 0.2) is 0 Å². The van der Waals surface area contributed by atoms with Crippen LogP contribution in [0.25, 0.3) is 0 Å². The highest BCUT2D eigenvalue weighted by Crippen LogP contribution is 2.26. The Morgan fingerprint density at radius 1 is 1.22 bits per heavy atom. The van der Waals surface area contributed by atoms with Gasteiger partial charge in [-0.2, -0.15) is 0 Å². The molecule has 0 radical (unpaired) electrons. The van der Waals surface area contributed by atoms with E-state index in [0.717, 1.165) is 16.8 Å². The van der Waals surface area contributed by atoms with Crippen LogP contribution in [0.1, 0.15) is 17.5 Å². The van der Waals surface area contributed by atoms with Crippen molar-refractivity contribution in [2.45, 2.75) is 20.3 Å². The molecule has 1 aromatic heterocycles. The summed E-state index contributed by atoms with van der Waals surface area (Å²) in [5.41, 5.74) is 2.96. The van der Waals surface area contributed by atoms with Crippen LogP contribution in [0, 0.1) is 19.8 Å². The Bertz CT molecular complexity index is 757. The van der Waals surface area contributed by atoms with E-state index in [1.807, 2.05) is 50.2 Å². The Balaban J connectivity index is 1.70. The molecule has 2 amide bonds. The first-order valence-corrected chi connectivity index (χ1v) is 7.63. The first-order chi connectivity index (χ1) is 11.0. The Kier molecular flexibility index (Phi) is 4.10. The van der Waals surface area contributed by atoms with Crippen LogP contribution in [0.3, 0.4) is 0 Å². The van der Waals surface area contributed by atoms with Gasteiger partial charge in [-0.3, -0.25) is 9.59 Å². The van der Waals surface area contributed by atoms with Gasteiger partial charge in [0.1, 0.15) is 5.82 Å². The number of nitrogens with one attached hydrogen (secondary N) is 1. The second-order valence-corrected chi connectivity index (χ2v) is 5.95. The zero-order chi connectivity index (χ0) is 16.4. The lowest BCUT2D eigenvalue weighted by Gasteiger charge is -2.17. The number of amides is 2. The number of hydrogen-bond donors (Lipinski definition) is 1. The SMILES string of the molecule is Cc1cccc(N2C[C@H](C(=O)Nc3cc(C)ccn3)CC2=O)c1. The topological polar surface area (TPSA) is 62.3 Å². The van der Waals surface area contributed by atoms with Crippen molar-refractivity contribution in [2.24, 2.45) is 5.92 Å². The van der Waals surface area contributed by atoms with E-state index in [-0.39, 0.29) is 24.2 Å². The Morgan fingerprint density at radius 3 is 2.74 bits per heavy atom. The normalized spacial score (nSPS) is 17.4. The van der Waals surface area contributed by atoms with E-state index in [4.69, 9.17) is 0 Å². The van der Waals surface area contributed by atoms with Crippen molar-refractivity contribution < 1.29 is 9.59 Å². The van der Waals surface area contributed by atoms with Crippen LogP contribution in [-0.4, -0.2) is 23.3 Å². The molecule has 1 aliphatic rings. The number of carbonyl (C=O) groups is 2. The molecule has 5 heteroatoms. The molecular weight excluding hydrogens is 290 g/mol. The molecule has 2 heterocycles. The molecule has 1 atom stereocenters. The second-order valence-electron chi connectivity index (χ2n) is 5.95. The number of aryl methyl sites for hydroxylation is 2. The molecule has 2 aromatic rings. The van der Waals surface area contributed by atoms with Crippen molar-refractivity contribution in [3.8, 4) is 0 Å². The maximum absolute atomic E-state index is 12.4.